The quantitative estimate of drug-likeness (QED) is 0.452. The van der Waals surface area contributed by atoms with Crippen molar-refractivity contribution in [1.29, 1.82) is 0 Å². The first-order valence-corrected chi connectivity index (χ1v) is 10.6. The number of carbonyl (C=O) groups is 2. The molecule has 1 fully saturated rings. The third-order valence-electron chi connectivity index (χ3n) is 5.39. The van der Waals surface area contributed by atoms with Gasteiger partial charge in [0.15, 0.2) is 10.8 Å². The van der Waals surface area contributed by atoms with Crippen LogP contribution in [0.1, 0.15) is 73.7 Å². The van der Waals surface area contributed by atoms with Crippen LogP contribution in [-0.4, -0.2) is 26.6 Å². The number of hydrogen-bond donors (Lipinski definition) is 1. The Morgan fingerprint density at radius 2 is 1.93 bits per heavy atom. The van der Waals surface area contributed by atoms with Crippen molar-refractivity contribution in [3.8, 4) is 5.75 Å². The molecule has 1 aliphatic carbocycles. The molecule has 0 amide bonds. The number of halogens is 1. The molecule has 1 N–H and O–H groups in total. The monoisotopic (exact) mass is 418 g/mol. The molecule has 1 aliphatic rings. The van der Waals surface area contributed by atoms with Gasteiger partial charge in [-0.1, -0.05) is 49.9 Å². The van der Waals surface area contributed by atoms with Crippen molar-refractivity contribution in [2.45, 2.75) is 64.8 Å². The number of hydrogen-bond acceptors (Lipinski definition) is 4. The van der Waals surface area contributed by atoms with E-state index in [1.54, 1.807) is 16.7 Å². The highest BCUT2D eigenvalue weighted by molar-refractivity contribution is 6.32. The van der Waals surface area contributed by atoms with Gasteiger partial charge in [-0.15, -0.1) is 0 Å². The van der Waals surface area contributed by atoms with Crippen molar-refractivity contribution in [1.82, 2.24) is 9.55 Å². The molecule has 6 nitrogen and oxygen atoms in total. The number of esters is 1. The predicted octanol–water partition coefficient (Wildman–Crippen LogP) is 5.11. The highest BCUT2D eigenvalue weighted by Crippen LogP contribution is 2.28. The average Bonchev–Trinajstić information content (AvgIpc) is 3.29. The van der Waals surface area contributed by atoms with E-state index in [0.29, 0.717) is 36.9 Å². The Labute approximate surface area is 175 Å². The van der Waals surface area contributed by atoms with Crippen LogP contribution in [0.2, 0.25) is 5.15 Å². The van der Waals surface area contributed by atoms with Gasteiger partial charge in [0, 0.05) is 19.4 Å². The lowest BCUT2D eigenvalue weighted by Crippen LogP contribution is -2.13. The molecule has 1 saturated carbocycles. The number of aryl methyl sites for hydroxylation is 1. The summed E-state index contributed by atoms with van der Waals surface area (Å²) in [5.41, 5.74) is 0.889. The smallest absolute Gasteiger partial charge is 0.355 e. The summed E-state index contributed by atoms with van der Waals surface area (Å²) in [5, 5.41) is 9.54. The predicted molar refractivity (Wildman–Crippen MR) is 111 cm³/mol. The zero-order valence-electron chi connectivity index (χ0n) is 16.7. The first-order valence-electron chi connectivity index (χ1n) is 10.3. The van der Waals surface area contributed by atoms with Gasteiger partial charge in [-0.2, -0.15) is 0 Å². The number of rotatable bonds is 9. The average molecular weight is 419 g/mol. The molecule has 1 heterocycles. The minimum absolute atomic E-state index is 0.00448. The Bertz CT molecular complexity index is 854. The van der Waals surface area contributed by atoms with E-state index in [9.17, 15) is 14.7 Å². The third kappa shape index (κ3) is 5.60. The maximum Gasteiger partial charge on any atom is 0.355 e. The second kappa shape index (κ2) is 9.92. The molecule has 1 aromatic heterocycles. The van der Waals surface area contributed by atoms with Crippen LogP contribution < -0.4 is 4.74 Å². The second-order valence-electron chi connectivity index (χ2n) is 7.63. The molecule has 2 aromatic rings. The first-order chi connectivity index (χ1) is 14.0. The van der Waals surface area contributed by atoms with Crippen molar-refractivity contribution in [3.63, 3.8) is 0 Å². The van der Waals surface area contributed by atoms with E-state index < -0.39 is 5.97 Å². The Kier molecular flexibility index (Phi) is 7.31. The fourth-order valence-electron chi connectivity index (χ4n) is 3.84. The van der Waals surface area contributed by atoms with Crippen LogP contribution in [0, 0.1) is 5.92 Å². The Morgan fingerprint density at radius 3 is 2.55 bits per heavy atom. The van der Waals surface area contributed by atoms with Crippen LogP contribution in [0.4, 0.5) is 0 Å². The van der Waals surface area contributed by atoms with Crippen molar-refractivity contribution in [2.75, 3.05) is 0 Å². The van der Waals surface area contributed by atoms with Crippen LogP contribution >= 0.6 is 11.6 Å². The fraction of sp³-hybridized carbons (Fsp3) is 0.500. The number of carboxylic acids is 1. The zero-order valence-corrected chi connectivity index (χ0v) is 17.5. The molecule has 29 heavy (non-hydrogen) atoms. The van der Waals surface area contributed by atoms with Gasteiger partial charge in [-0.3, -0.25) is 4.79 Å². The van der Waals surface area contributed by atoms with E-state index in [4.69, 9.17) is 16.3 Å². The normalized spacial score (nSPS) is 14.3. The van der Waals surface area contributed by atoms with Crippen LogP contribution in [0.5, 0.6) is 5.75 Å². The first kappa shape index (κ1) is 21.4. The number of carbonyl (C=O) groups excluding carboxylic acids is 1. The molecule has 156 valence electrons. The summed E-state index contributed by atoms with van der Waals surface area (Å²) in [4.78, 5) is 28.0. The van der Waals surface area contributed by atoms with E-state index in [1.807, 2.05) is 12.1 Å². The van der Waals surface area contributed by atoms with Gasteiger partial charge in [-0.25, -0.2) is 9.78 Å². The van der Waals surface area contributed by atoms with Gasteiger partial charge in [0.05, 0.1) is 0 Å². The van der Waals surface area contributed by atoms with Crippen molar-refractivity contribution in [3.05, 3.63) is 46.5 Å². The topological polar surface area (TPSA) is 81.4 Å². The molecule has 0 bridgehead atoms. The summed E-state index contributed by atoms with van der Waals surface area (Å²) in [7, 11) is 0. The number of nitrogens with zero attached hydrogens (tertiary/aromatic N) is 2. The summed E-state index contributed by atoms with van der Waals surface area (Å²) >= 11 is 6.07. The van der Waals surface area contributed by atoms with Gasteiger partial charge >= 0.3 is 11.9 Å². The maximum absolute atomic E-state index is 12.1. The van der Waals surface area contributed by atoms with E-state index >= 15 is 0 Å². The Balaban J connectivity index is 1.69. The summed E-state index contributed by atoms with van der Waals surface area (Å²) in [6.07, 6.45) is 7.63. The lowest BCUT2D eigenvalue weighted by atomic mass is 10.0. The number of aromatic nitrogens is 2. The SMILES string of the molecule is CCCCc1nc(Cl)c(C(=O)O)n1Cc1ccc(OC(=O)CC2CCCC2)cc1. The molecular weight excluding hydrogens is 392 g/mol. The lowest BCUT2D eigenvalue weighted by Gasteiger charge is -2.12. The van der Waals surface area contributed by atoms with E-state index in [-0.39, 0.29) is 16.8 Å². The highest BCUT2D eigenvalue weighted by atomic mass is 35.5. The van der Waals surface area contributed by atoms with Crippen molar-refractivity contribution < 1.29 is 19.4 Å². The summed E-state index contributed by atoms with van der Waals surface area (Å²) in [5.74, 6) is 0.332. The van der Waals surface area contributed by atoms with Crippen molar-refractivity contribution >= 4 is 23.5 Å². The zero-order chi connectivity index (χ0) is 20.8. The number of benzene rings is 1. The van der Waals surface area contributed by atoms with E-state index in [1.165, 1.54) is 12.8 Å². The van der Waals surface area contributed by atoms with E-state index in [0.717, 1.165) is 31.2 Å². The van der Waals surface area contributed by atoms with E-state index in [2.05, 4.69) is 11.9 Å². The van der Waals surface area contributed by atoms with Gasteiger partial charge in [0.25, 0.3) is 0 Å². The molecule has 3 rings (SSSR count). The summed E-state index contributed by atoms with van der Waals surface area (Å²) in [6.45, 7) is 2.41. The molecule has 0 unspecified atom stereocenters. The minimum atomic E-state index is -1.09. The molecular formula is C22H27ClN2O4. The Hall–Kier alpha value is -2.34. The molecule has 0 atom stereocenters. The third-order valence-corrected chi connectivity index (χ3v) is 5.65. The molecule has 0 radical (unpaired) electrons. The van der Waals surface area contributed by atoms with Crippen LogP contribution in [0.25, 0.3) is 0 Å². The minimum Gasteiger partial charge on any atom is -0.476 e. The fourth-order valence-corrected chi connectivity index (χ4v) is 4.12. The van der Waals surface area contributed by atoms with Crippen LogP contribution in [0.3, 0.4) is 0 Å². The van der Waals surface area contributed by atoms with Gasteiger partial charge in [-0.05, 0) is 42.9 Å². The molecule has 0 spiro atoms. The van der Waals surface area contributed by atoms with Gasteiger partial charge < -0.3 is 14.4 Å². The number of ether oxygens (including phenoxy) is 1. The molecule has 1 aromatic carbocycles. The molecule has 0 saturated heterocycles. The molecule has 0 aliphatic heterocycles. The molecule has 7 heteroatoms. The van der Waals surface area contributed by atoms with Crippen LogP contribution in [-0.2, 0) is 17.8 Å². The standard InChI is InChI=1S/C22H27ClN2O4/c1-2-3-8-18-24-21(23)20(22(27)28)25(18)14-16-9-11-17(12-10-16)29-19(26)13-15-6-4-5-7-15/h9-12,15H,2-8,13-14H2,1H3,(H,27,28). The second-order valence-corrected chi connectivity index (χ2v) is 7.99. The summed E-state index contributed by atoms with van der Waals surface area (Å²) < 4.78 is 7.11. The lowest BCUT2D eigenvalue weighted by molar-refractivity contribution is -0.135. The van der Waals surface area contributed by atoms with Crippen LogP contribution in [0.15, 0.2) is 24.3 Å². The Morgan fingerprint density at radius 1 is 1.24 bits per heavy atom. The van der Waals surface area contributed by atoms with Gasteiger partial charge in [0.1, 0.15) is 11.6 Å². The summed E-state index contributed by atoms with van der Waals surface area (Å²) in [6, 6.07) is 7.15. The van der Waals surface area contributed by atoms with Crippen molar-refractivity contribution in [2.24, 2.45) is 5.92 Å². The number of imidazole rings is 1. The highest BCUT2D eigenvalue weighted by Gasteiger charge is 2.22. The largest absolute Gasteiger partial charge is 0.476 e. The number of unbranched alkanes of at least 4 members (excludes halogenated alkanes) is 1. The van der Waals surface area contributed by atoms with Gasteiger partial charge in [0.2, 0.25) is 0 Å². The maximum atomic E-state index is 12.1. The number of carboxylic acid groups (broad SMARTS) is 1. The number of aromatic carboxylic acids is 1.